The SMILES string of the molecule is O=C(CNC(=O)c1ccccc1F)OCc1ccccc1Oc1cccnc1. The van der Waals surface area contributed by atoms with Crippen LogP contribution in [0.5, 0.6) is 11.5 Å². The van der Waals surface area contributed by atoms with E-state index in [1.54, 1.807) is 48.8 Å². The average Bonchev–Trinajstić information content (AvgIpc) is 2.72. The molecule has 0 spiro atoms. The highest BCUT2D eigenvalue weighted by Crippen LogP contribution is 2.25. The first-order valence-electron chi connectivity index (χ1n) is 8.47. The summed E-state index contributed by atoms with van der Waals surface area (Å²) in [6.45, 7) is -0.413. The lowest BCUT2D eigenvalue weighted by Gasteiger charge is -2.11. The van der Waals surface area contributed by atoms with Gasteiger partial charge < -0.3 is 14.8 Å². The van der Waals surface area contributed by atoms with Crippen LogP contribution in [0, 0.1) is 5.82 Å². The number of benzene rings is 2. The Morgan fingerprint density at radius 1 is 1.00 bits per heavy atom. The Morgan fingerprint density at radius 2 is 1.79 bits per heavy atom. The maximum atomic E-state index is 13.6. The fraction of sp³-hybridized carbons (Fsp3) is 0.0952. The molecule has 0 aliphatic carbocycles. The summed E-state index contributed by atoms with van der Waals surface area (Å²) in [5, 5.41) is 2.34. The molecular formula is C21H17FN2O4. The number of amides is 1. The zero-order valence-corrected chi connectivity index (χ0v) is 14.8. The molecule has 0 fully saturated rings. The Balaban J connectivity index is 1.54. The van der Waals surface area contributed by atoms with Gasteiger partial charge in [0.05, 0.1) is 11.8 Å². The monoisotopic (exact) mass is 380 g/mol. The number of esters is 1. The molecule has 3 rings (SSSR count). The molecule has 1 heterocycles. The van der Waals surface area contributed by atoms with Crippen LogP contribution >= 0.6 is 0 Å². The molecule has 1 N–H and O–H groups in total. The van der Waals surface area contributed by atoms with Crippen molar-refractivity contribution in [2.45, 2.75) is 6.61 Å². The van der Waals surface area contributed by atoms with E-state index in [0.717, 1.165) is 0 Å². The highest BCUT2D eigenvalue weighted by molar-refractivity contribution is 5.96. The van der Waals surface area contributed by atoms with Crippen LogP contribution in [0.1, 0.15) is 15.9 Å². The van der Waals surface area contributed by atoms with Gasteiger partial charge in [-0.15, -0.1) is 0 Å². The topological polar surface area (TPSA) is 77.5 Å². The molecule has 2 aromatic carbocycles. The van der Waals surface area contributed by atoms with Crippen molar-refractivity contribution in [3.63, 3.8) is 0 Å². The minimum Gasteiger partial charge on any atom is -0.459 e. The summed E-state index contributed by atoms with van der Waals surface area (Å²) in [4.78, 5) is 27.8. The fourth-order valence-electron chi connectivity index (χ4n) is 2.36. The van der Waals surface area contributed by atoms with Crippen molar-refractivity contribution < 1.29 is 23.5 Å². The van der Waals surface area contributed by atoms with E-state index in [0.29, 0.717) is 17.1 Å². The van der Waals surface area contributed by atoms with Gasteiger partial charge in [-0.2, -0.15) is 0 Å². The van der Waals surface area contributed by atoms with Crippen molar-refractivity contribution >= 4 is 11.9 Å². The van der Waals surface area contributed by atoms with Gasteiger partial charge in [-0.3, -0.25) is 14.6 Å². The van der Waals surface area contributed by atoms with Crippen molar-refractivity contribution in [2.75, 3.05) is 6.54 Å². The number of aromatic nitrogens is 1. The Kier molecular flexibility index (Phi) is 6.30. The molecule has 0 bridgehead atoms. The molecule has 6 nitrogen and oxygen atoms in total. The summed E-state index contributed by atoms with van der Waals surface area (Å²) >= 11 is 0. The third kappa shape index (κ3) is 5.14. The maximum absolute atomic E-state index is 13.6. The molecule has 0 aliphatic rings. The number of halogens is 1. The molecule has 0 radical (unpaired) electrons. The van der Waals surface area contributed by atoms with E-state index in [2.05, 4.69) is 10.3 Å². The Bertz CT molecular complexity index is 963. The second-order valence-electron chi connectivity index (χ2n) is 5.72. The van der Waals surface area contributed by atoms with Gasteiger partial charge in [-0.05, 0) is 30.3 Å². The predicted molar refractivity (Wildman–Crippen MR) is 99.3 cm³/mol. The van der Waals surface area contributed by atoms with E-state index < -0.39 is 17.7 Å². The van der Waals surface area contributed by atoms with Crippen LogP contribution in [0.4, 0.5) is 4.39 Å². The van der Waals surface area contributed by atoms with Gasteiger partial charge in [0.25, 0.3) is 5.91 Å². The lowest BCUT2D eigenvalue weighted by Crippen LogP contribution is -2.31. The molecule has 1 aromatic heterocycles. The Hall–Kier alpha value is -3.74. The molecule has 3 aromatic rings. The summed E-state index contributed by atoms with van der Waals surface area (Å²) < 4.78 is 24.5. The first-order chi connectivity index (χ1) is 13.6. The minimum absolute atomic E-state index is 0.0369. The number of para-hydroxylation sites is 1. The van der Waals surface area contributed by atoms with Crippen LogP contribution in [0.25, 0.3) is 0 Å². The first kappa shape index (κ1) is 19.0. The number of nitrogens with zero attached hydrogens (tertiary/aromatic N) is 1. The number of hydrogen-bond acceptors (Lipinski definition) is 5. The molecule has 7 heteroatoms. The summed E-state index contributed by atoms with van der Waals surface area (Å²) in [6.07, 6.45) is 3.21. The summed E-state index contributed by atoms with van der Waals surface area (Å²) in [6, 6.07) is 16.1. The molecule has 0 aliphatic heterocycles. The third-order valence-corrected chi connectivity index (χ3v) is 3.74. The Morgan fingerprint density at radius 3 is 2.57 bits per heavy atom. The molecule has 0 saturated heterocycles. The third-order valence-electron chi connectivity index (χ3n) is 3.74. The van der Waals surface area contributed by atoms with Crippen LogP contribution < -0.4 is 10.1 Å². The second kappa shape index (κ2) is 9.27. The summed E-state index contributed by atoms with van der Waals surface area (Å²) in [5.41, 5.74) is 0.519. The molecular weight excluding hydrogens is 363 g/mol. The number of carbonyl (C=O) groups is 2. The average molecular weight is 380 g/mol. The van der Waals surface area contributed by atoms with Crippen LogP contribution in [0.15, 0.2) is 73.1 Å². The lowest BCUT2D eigenvalue weighted by atomic mass is 10.2. The van der Waals surface area contributed by atoms with Crippen molar-refractivity contribution in [1.82, 2.24) is 10.3 Å². The zero-order chi connectivity index (χ0) is 19.8. The van der Waals surface area contributed by atoms with Gasteiger partial charge >= 0.3 is 5.97 Å². The van der Waals surface area contributed by atoms with Crippen LogP contribution in [-0.4, -0.2) is 23.4 Å². The molecule has 0 atom stereocenters. The normalized spacial score (nSPS) is 10.2. The van der Waals surface area contributed by atoms with Gasteiger partial charge in [0, 0.05) is 11.8 Å². The van der Waals surface area contributed by atoms with E-state index in [1.807, 2.05) is 0 Å². The van der Waals surface area contributed by atoms with Gasteiger partial charge in [0.2, 0.25) is 0 Å². The number of hydrogen-bond donors (Lipinski definition) is 1. The summed E-state index contributed by atoms with van der Waals surface area (Å²) in [5.74, 6) is -0.914. The van der Waals surface area contributed by atoms with Crippen molar-refractivity contribution in [2.24, 2.45) is 0 Å². The van der Waals surface area contributed by atoms with Crippen molar-refractivity contribution in [3.8, 4) is 11.5 Å². The molecule has 142 valence electrons. The number of ether oxygens (including phenoxy) is 2. The van der Waals surface area contributed by atoms with Gasteiger partial charge in [0.1, 0.15) is 30.5 Å². The van der Waals surface area contributed by atoms with Crippen LogP contribution in [0.3, 0.4) is 0 Å². The van der Waals surface area contributed by atoms with Crippen LogP contribution in [-0.2, 0) is 16.1 Å². The van der Waals surface area contributed by atoms with E-state index in [4.69, 9.17) is 9.47 Å². The van der Waals surface area contributed by atoms with Gasteiger partial charge in [-0.25, -0.2) is 4.39 Å². The fourth-order valence-corrected chi connectivity index (χ4v) is 2.36. The lowest BCUT2D eigenvalue weighted by molar-refractivity contribution is -0.143. The number of carbonyl (C=O) groups excluding carboxylic acids is 2. The first-order valence-corrected chi connectivity index (χ1v) is 8.47. The highest BCUT2D eigenvalue weighted by atomic mass is 19.1. The quantitative estimate of drug-likeness (QED) is 0.635. The smallest absolute Gasteiger partial charge is 0.325 e. The Labute approximate surface area is 160 Å². The number of nitrogens with one attached hydrogen (secondary N) is 1. The van der Waals surface area contributed by atoms with Gasteiger partial charge in [-0.1, -0.05) is 30.3 Å². The maximum Gasteiger partial charge on any atom is 0.325 e. The predicted octanol–water partition coefficient (Wildman–Crippen LogP) is 3.49. The molecule has 0 saturated carbocycles. The highest BCUT2D eigenvalue weighted by Gasteiger charge is 2.13. The molecule has 28 heavy (non-hydrogen) atoms. The van der Waals surface area contributed by atoms with E-state index in [-0.39, 0.29) is 18.7 Å². The van der Waals surface area contributed by atoms with E-state index in [9.17, 15) is 14.0 Å². The minimum atomic E-state index is -0.685. The molecule has 1 amide bonds. The van der Waals surface area contributed by atoms with Crippen LogP contribution in [0.2, 0.25) is 0 Å². The number of pyridine rings is 1. The second-order valence-corrected chi connectivity index (χ2v) is 5.72. The van der Waals surface area contributed by atoms with E-state index >= 15 is 0 Å². The molecule has 0 unspecified atom stereocenters. The van der Waals surface area contributed by atoms with Crippen molar-refractivity contribution in [1.29, 1.82) is 0 Å². The van der Waals surface area contributed by atoms with Gasteiger partial charge in [0.15, 0.2) is 0 Å². The zero-order valence-electron chi connectivity index (χ0n) is 14.8. The largest absolute Gasteiger partial charge is 0.459 e. The number of rotatable bonds is 7. The standard InChI is InChI=1S/C21H17FN2O4/c22-18-9-3-2-8-17(18)21(26)24-13-20(25)27-14-15-6-1-4-10-19(15)28-16-7-5-11-23-12-16/h1-12H,13-14H2,(H,24,26). The summed E-state index contributed by atoms with van der Waals surface area (Å²) in [7, 11) is 0. The van der Waals surface area contributed by atoms with E-state index in [1.165, 1.54) is 24.3 Å². The van der Waals surface area contributed by atoms with Crippen molar-refractivity contribution in [3.05, 3.63) is 90.0 Å².